The van der Waals surface area contributed by atoms with Gasteiger partial charge in [0.1, 0.15) is 11.5 Å². The number of hydrogen-bond acceptors (Lipinski definition) is 6. The number of carbonyl (C=O) groups is 3. The number of aliphatic hydroxyl groups excluding tert-OH is 1. The van der Waals surface area contributed by atoms with E-state index in [9.17, 15) is 19.5 Å². The van der Waals surface area contributed by atoms with Crippen LogP contribution in [-0.4, -0.2) is 82.0 Å². The van der Waals surface area contributed by atoms with Crippen molar-refractivity contribution in [3.05, 3.63) is 72.7 Å². The van der Waals surface area contributed by atoms with E-state index in [2.05, 4.69) is 30.0 Å². The van der Waals surface area contributed by atoms with Crippen molar-refractivity contribution in [2.75, 3.05) is 31.9 Å². The zero-order valence-electron chi connectivity index (χ0n) is 23.1. The zero-order chi connectivity index (χ0) is 29.4. The van der Waals surface area contributed by atoms with Gasteiger partial charge < -0.3 is 20.2 Å². The molecule has 0 aliphatic carbocycles. The Kier molecular flexibility index (Phi) is 15.9. The van der Waals surface area contributed by atoms with E-state index in [4.69, 9.17) is 11.6 Å². The molecule has 0 spiro atoms. The lowest BCUT2D eigenvalue weighted by molar-refractivity contribution is -0.127. The van der Waals surface area contributed by atoms with Crippen LogP contribution in [-0.2, 0) is 14.4 Å². The van der Waals surface area contributed by atoms with E-state index in [1.807, 2.05) is 26.0 Å². The maximum absolute atomic E-state index is 12.8. The molecule has 2 aliphatic rings. The molecule has 2 heterocycles. The Balaban J connectivity index is 0.000000646. The number of likely N-dealkylation sites (N-methyl/N-ethyl adjacent to an activating group) is 1. The second-order valence-corrected chi connectivity index (χ2v) is 10.5. The molecule has 214 valence electrons. The minimum Gasteiger partial charge on any atom is -0.512 e. The van der Waals surface area contributed by atoms with E-state index in [0.29, 0.717) is 24.5 Å². The molecule has 3 amide bonds. The summed E-state index contributed by atoms with van der Waals surface area (Å²) in [7, 11) is 0. The van der Waals surface area contributed by atoms with Gasteiger partial charge in [0, 0.05) is 38.0 Å². The van der Waals surface area contributed by atoms with Crippen LogP contribution in [0, 0.1) is 5.92 Å². The first-order valence-electron chi connectivity index (χ1n) is 12.9. The van der Waals surface area contributed by atoms with Gasteiger partial charge in [0.2, 0.25) is 12.3 Å². The second kappa shape index (κ2) is 18.3. The number of rotatable bonds is 13. The fraction of sp³-hybridized carbons (Fsp3) is 0.448. The minimum absolute atomic E-state index is 0.0100. The minimum atomic E-state index is -0.552. The molecule has 2 rings (SSSR count). The third-order valence-electron chi connectivity index (χ3n) is 6.03. The van der Waals surface area contributed by atoms with Crippen LogP contribution >= 0.6 is 23.4 Å². The summed E-state index contributed by atoms with van der Waals surface area (Å²) in [5.41, 5.74) is 3.99. The molecule has 3 unspecified atom stereocenters. The van der Waals surface area contributed by atoms with Gasteiger partial charge >= 0.3 is 0 Å². The third-order valence-corrected chi connectivity index (χ3v) is 6.97. The predicted molar refractivity (Wildman–Crippen MR) is 163 cm³/mol. The van der Waals surface area contributed by atoms with Crippen molar-refractivity contribution >= 4 is 47.1 Å². The molecule has 2 N–H and O–H groups in total. The molecule has 0 aromatic heterocycles. The molecule has 0 saturated carbocycles. The molecular formula is C29H41ClN4O4S. The number of hydrogen-bond donors (Lipinski definition) is 2. The van der Waals surface area contributed by atoms with Gasteiger partial charge in [0.25, 0.3) is 5.91 Å². The Labute approximate surface area is 241 Å². The standard InChI is InChI=1S/C20H28N4O4S.C9H13Cl/c1-3-5-6-8-23(14-25)17-12-24(20(28)16-7-9-29-13-22-16)11-15(17)18(26)10-19(27)21-4-2;1-5-9(10)6-8(4)7(2)3/h5-7,10,13-15,17,26H,3-4,8-9,11-12H2,1-2H3,(H,21,27);5,9H,1-2,4,6H2,3H3/b6-5+,18-10-;. The quantitative estimate of drug-likeness (QED) is 0.0820. The molecule has 1 saturated heterocycles. The Bertz CT molecular complexity index is 1020. The summed E-state index contributed by atoms with van der Waals surface area (Å²) in [5.74, 6) is -0.664. The first kappa shape index (κ1) is 34.0. The summed E-state index contributed by atoms with van der Waals surface area (Å²) in [4.78, 5) is 43.7. The number of allylic oxidation sites excluding steroid dienone is 4. The van der Waals surface area contributed by atoms with Gasteiger partial charge in [-0.25, -0.2) is 4.99 Å². The fourth-order valence-electron chi connectivity index (χ4n) is 3.78. The number of aliphatic imine (C=N–C) groups is 1. The Morgan fingerprint density at radius 2 is 2.05 bits per heavy atom. The van der Waals surface area contributed by atoms with Crippen LogP contribution in [0.2, 0.25) is 0 Å². The van der Waals surface area contributed by atoms with Crippen molar-refractivity contribution in [1.82, 2.24) is 15.1 Å². The highest BCUT2D eigenvalue weighted by molar-refractivity contribution is 8.12. The average Bonchev–Trinajstić information content (AvgIpc) is 3.37. The van der Waals surface area contributed by atoms with Crippen molar-refractivity contribution < 1.29 is 19.5 Å². The number of alkyl halides is 1. The number of amides is 3. The lowest BCUT2D eigenvalue weighted by atomic mass is 9.99. The van der Waals surface area contributed by atoms with Crippen molar-refractivity contribution in [3.8, 4) is 0 Å². The predicted octanol–water partition coefficient (Wildman–Crippen LogP) is 4.78. The maximum atomic E-state index is 12.8. The van der Waals surface area contributed by atoms with Crippen molar-refractivity contribution in [3.63, 3.8) is 0 Å². The molecule has 8 nitrogen and oxygen atoms in total. The number of nitrogens with one attached hydrogen (secondary N) is 1. The lowest BCUT2D eigenvalue weighted by Gasteiger charge is -2.27. The lowest BCUT2D eigenvalue weighted by Crippen LogP contribution is -2.41. The van der Waals surface area contributed by atoms with E-state index in [1.165, 1.54) is 11.8 Å². The van der Waals surface area contributed by atoms with Crippen LogP contribution in [0.4, 0.5) is 0 Å². The number of likely N-dealkylation sites (tertiary alicyclic amines) is 1. The summed E-state index contributed by atoms with van der Waals surface area (Å²) in [5, 5.41) is 13.2. The summed E-state index contributed by atoms with van der Waals surface area (Å²) >= 11 is 7.29. The fourth-order valence-corrected chi connectivity index (χ4v) is 4.49. The van der Waals surface area contributed by atoms with Gasteiger partial charge in [-0.05, 0) is 32.8 Å². The van der Waals surface area contributed by atoms with Crippen LogP contribution in [0.25, 0.3) is 0 Å². The summed E-state index contributed by atoms with van der Waals surface area (Å²) < 4.78 is 0. The van der Waals surface area contributed by atoms with Crippen molar-refractivity contribution in [2.24, 2.45) is 10.9 Å². The van der Waals surface area contributed by atoms with Gasteiger partial charge in [0.15, 0.2) is 0 Å². The van der Waals surface area contributed by atoms with Gasteiger partial charge in [-0.3, -0.25) is 14.4 Å². The molecule has 2 aliphatic heterocycles. The van der Waals surface area contributed by atoms with E-state index in [-0.39, 0.29) is 30.1 Å². The van der Waals surface area contributed by atoms with E-state index in [0.717, 1.165) is 36.5 Å². The van der Waals surface area contributed by atoms with Crippen LogP contribution < -0.4 is 5.32 Å². The highest BCUT2D eigenvalue weighted by atomic mass is 35.5. The molecule has 1 fully saturated rings. The normalized spacial score (nSPS) is 19.4. The first-order chi connectivity index (χ1) is 18.6. The molecule has 0 aromatic rings. The molecule has 39 heavy (non-hydrogen) atoms. The van der Waals surface area contributed by atoms with Crippen molar-refractivity contribution in [2.45, 2.75) is 45.0 Å². The first-order valence-corrected chi connectivity index (χ1v) is 14.4. The zero-order valence-corrected chi connectivity index (χ0v) is 24.7. The maximum Gasteiger partial charge on any atom is 0.272 e. The third kappa shape index (κ3) is 11.7. The van der Waals surface area contributed by atoms with Crippen LogP contribution in [0.15, 0.2) is 77.7 Å². The molecule has 0 radical (unpaired) electrons. The monoisotopic (exact) mass is 576 g/mol. The van der Waals surface area contributed by atoms with Crippen molar-refractivity contribution in [1.29, 1.82) is 0 Å². The number of thioether (sulfide) groups is 1. The summed E-state index contributed by atoms with van der Waals surface area (Å²) in [6.07, 6.45) is 10.8. The topological polar surface area (TPSA) is 102 Å². The van der Waals surface area contributed by atoms with Crippen LogP contribution in [0.3, 0.4) is 0 Å². The number of halogens is 1. The molecule has 0 aromatic carbocycles. The van der Waals surface area contributed by atoms with Crippen LogP contribution in [0.5, 0.6) is 0 Å². The van der Waals surface area contributed by atoms with E-state index >= 15 is 0 Å². The summed E-state index contributed by atoms with van der Waals surface area (Å²) in [6, 6.07) is -0.439. The Hall–Kier alpha value is -3.04. The molecular weight excluding hydrogens is 536 g/mol. The van der Waals surface area contributed by atoms with Gasteiger partial charge in [-0.1, -0.05) is 49.5 Å². The van der Waals surface area contributed by atoms with Gasteiger partial charge in [-0.2, -0.15) is 0 Å². The highest BCUT2D eigenvalue weighted by Crippen LogP contribution is 2.28. The highest BCUT2D eigenvalue weighted by Gasteiger charge is 2.41. The largest absolute Gasteiger partial charge is 0.512 e. The smallest absolute Gasteiger partial charge is 0.272 e. The van der Waals surface area contributed by atoms with Gasteiger partial charge in [-0.15, -0.1) is 29.9 Å². The van der Waals surface area contributed by atoms with Gasteiger partial charge in [0.05, 0.1) is 22.9 Å². The molecule has 3 atom stereocenters. The van der Waals surface area contributed by atoms with Crippen LogP contribution in [0.1, 0.15) is 33.6 Å². The number of nitrogens with zero attached hydrogens (tertiary/aromatic N) is 3. The summed E-state index contributed by atoms with van der Waals surface area (Å²) in [6.45, 7) is 18.1. The molecule has 10 heteroatoms. The Morgan fingerprint density at radius 1 is 1.33 bits per heavy atom. The molecule has 0 bridgehead atoms. The number of carbonyl (C=O) groups excluding carboxylic acids is 3. The number of aliphatic hydroxyl groups is 1. The Morgan fingerprint density at radius 3 is 2.59 bits per heavy atom. The van der Waals surface area contributed by atoms with E-state index < -0.39 is 17.9 Å². The second-order valence-electron chi connectivity index (χ2n) is 9.03. The van der Waals surface area contributed by atoms with E-state index in [1.54, 1.807) is 34.4 Å². The SMILES string of the molecule is C=CC(Cl)CC(=C)C(=C)C.CC/C=C/CN(C=O)C1CN(C(=O)C2=CCSC=N2)CC1/C(O)=C/C(=O)NCC. The average molecular weight is 577 g/mol.